The third-order valence-corrected chi connectivity index (χ3v) is 14.2. The summed E-state index contributed by atoms with van der Waals surface area (Å²) in [4.78, 5) is 0. The molecule has 0 saturated heterocycles. The molecule has 12 aromatic carbocycles. The van der Waals surface area contributed by atoms with E-state index in [9.17, 15) is 0 Å². The van der Waals surface area contributed by atoms with E-state index in [1.807, 2.05) is 0 Å². The van der Waals surface area contributed by atoms with Crippen molar-refractivity contribution in [3.63, 3.8) is 0 Å². The molecule has 0 spiro atoms. The lowest BCUT2D eigenvalue weighted by Crippen LogP contribution is -1.97. The summed E-state index contributed by atoms with van der Waals surface area (Å²) in [5.74, 6) is 0. The average molecular weight is 837 g/mol. The summed E-state index contributed by atoms with van der Waals surface area (Å²) >= 11 is 0. The Hall–Kier alpha value is -8.72. The van der Waals surface area contributed by atoms with Crippen LogP contribution in [-0.4, -0.2) is 9.13 Å². The second-order valence-electron chi connectivity index (χ2n) is 17.5. The van der Waals surface area contributed by atoms with Crippen LogP contribution in [-0.2, 0) is 0 Å². The molecule has 2 heteroatoms. The van der Waals surface area contributed by atoms with Gasteiger partial charge in [-0.15, -0.1) is 0 Å². The molecule has 0 amide bonds. The molecule has 2 aromatic heterocycles. The van der Waals surface area contributed by atoms with Gasteiger partial charge in [0.05, 0.1) is 33.4 Å². The van der Waals surface area contributed by atoms with Crippen molar-refractivity contribution in [2.75, 3.05) is 0 Å². The molecule has 0 fully saturated rings. The van der Waals surface area contributed by atoms with E-state index in [0.29, 0.717) is 0 Å². The van der Waals surface area contributed by atoms with Crippen LogP contribution >= 0.6 is 0 Å². The smallest absolute Gasteiger partial charge is 0.0541 e. The molecule has 0 aliphatic rings. The minimum atomic E-state index is 1.19. The lowest BCUT2D eigenvalue weighted by Gasteiger charge is -2.19. The van der Waals surface area contributed by atoms with Gasteiger partial charge in [-0.05, 0) is 102 Å². The first-order valence-corrected chi connectivity index (χ1v) is 22.9. The Balaban J connectivity index is 0.925. The second kappa shape index (κ2) is 14.4. The summed E-state index contributed by atoms with van der Waals surface area (Å²) < 4.78 is 4.88. The van der Waals surface area contributed by atoms with Crippen LogP contribution in [0.4, 0.5) is 0 Å². The molecule has 0 aliphatic carbocycles. The molecule has 0 atom stereocenters. The molecule has 0 saturated carbocycles. The molecular weight excluding hydrogens is 797 g/mol. The fourth-order valence-electron chi connectivity index (χ4n) is 11.3. The van der Waals surface area contributed by atoms with E-state index in [-0.39, 0.29) is 0 Å². The van der Waals surface area contributed by atoms with Gasteiger partial charge in [0.15, 0.2) is 0 Å². The van der Waals surface area contributed by atoms with E-state index in [4.69, 9.17) is 0 Å². The van der Waals surface area contributed by atoms with Gasteiger partial charge in [0.25, 0.3) is 0 Å². The van der Waals surface area contributed by atoms with E-state index in [2.05, 4.69) is 252 Å². The van der Waals surface area contributed by atoms with E-state index in [1.54, 1.807) is 0 Å². The summed E-state index contributed by atoms with van der Waals surface area (Å²) in [5.41, 5.74) is 14.6. The quantitative estimate of drug-likeness (QED) is 0.163. The van der Waals surface area contributed by atoms with Gasteiger partial charge >= 0.3 is 0 Å². The minimum Gasteiger partial charge on any atom is -0.309 e. The maximum atomic E-state index is 2.44. The Labute approximate surface area is 381 Å². The number of hydrogen-bond acceptors (Lipinski definition) is 0. The summed E-state index contributed by atoms with van der Waals surface area (Å²) in [6.07, 6.45) is 0. The summed E-state index contributed by atoms with van der Waals surface area (Å²) in [7, 11) is 0. The highest BCUT2D eigenvalue weighted by Crippen LogP contribution is 2.45. The van der Waals surface area contributed by atoms with Crippen LogP contribution < -0.4 is 0 Å². The van der Waals surface area contributed by atoms with Gasteiger partial charge in [0, 0.05) is 32.3 Å². The molecule has 306 valence electrons. The molecule has 0 unspecified atom stereocenters. The van der Waals surface area contributed by atoms with E-state index in [0.717, 1.165) is 0 Å². The Morgan fingerprint density at radius 3 is 0.591 bits per heavy atom. The molecule has 0 radical (unpaired) electrons. The Morgan fingerprint density at radius 1 is 0.152 bits per heavy atom. The average Bonchev–Trinajstić information content (AvgIpc) is 3.90. The predicted octanol–water partition coefficient (Wildman–Crippen LogP) is 17.5. The normalized spacial score (nSPS) is 11.9. The van der Waals surface area contributed by atoms with Gasteiger partial charge in [0.1, 0.15) is 0 Å². The number of nitrogens with zero attached hydrogens (tertiary/aromatic N) is 2. The van der Waals surface area contributed by atoms with Gasteiger partial charge in [-0.2, -0.15) is 0 Å². The summed E-state index contributed by atoms with van der Waals surface area (Å²) in [6.45, 7) is 0. The molecule has 0 N–H and O–H groups in total. The molecule has 66 heavy (non-hydrogen) atoms. The SMILES string of the molecule is c1ccc2c(-c3ccc(-n4c5ccccc5c5ccccc54)c4ccccc34)ccc(-c3ccc(-c4ccc(-n5c6ccccc6c6ccccc65)c5ccccc45)c4ccccc34)c2c1. The van der Waals surface area contributed by atoms with Gasteiger partial charge in [-0.1, -0.05) is 206 Å². The first-order chi connectivity index (χ1) is 32.8. The lowest BCUT2D eigenvalue weighted by atomic mass is 9.86. The minimum absolute atomic E-state index is 1.19. The first kappa shape index (κ1) is 36.7. The third kappa shape index (κ3) is 5.30. The van der Waals surface area contributed by atoms with Crippen molar-refractivity contribution in [1.82, 2.24) is 9.13 Å². The third-order valence-electron chi connectivity index (χ3n) is 14.2. The van der Waals surface area contributed by atoms with E-state index >= 15 is 0 Å². The lowest BCUT2D eigenvalue weighted by molar-refractivity contribution is 1.20. The van der Waals surface area contributed by atoms with Crippen LogP contribution in [0.5, 0.6) is 0 Å². The van der Waals surface area contributed by atoms with Crippen molar-refractivity contribution in [1.29, 1.82) is 0 Å². The van der Waals surface area contributed by atoms with E-state index < -0.39 is 0 Å². The largest absolute Gasteiger partial charge is 0.309 e. The van der Waals surface area contributed by atoms with Gasteiger partial charge in [-0.3, -0.25) is 0 Å². The van der Waals surface area contributed by atoms with Crippen LogP contribution in [0.15, 0.2) is 243 Å². The zero-order chi connectivity index (χ0) is 43.3. The predicted molar refractivity (Wildman–Crippen MR) is 281 cm³/mol. The molecule has 14 aromatic rings. The number of benzene rings is 12. The second-order valence-corrected chi connectivity index (χ2v) is 17.5. The van der Waals surface area contributed by atoms with Crippen molar-refractivity contribution in [3.8, 4) is 44.8 Å². The highest BCUT2D eigenvalue weighted by atomic mass is 15.0. The van der Waals surface area contributed by atoms with Crippen molar-refractivity contribution in [2.24, 2.45) is 0 Å². The van der Waals surface area contributed by atoms with Crippen LogP contribution in [0.1, 0.15) is 0 Å². The van der Waals surface area contributed by atoms with Crippen molar-refractivity contribution in [3.05, 3.63) is 243 Å². The number of para-hydroxylation sites is 4. The molecule has 2 heterocycles. The first-order valence-electron chi connectivity index (χ1n) is 22.9. The van der Waals surface area contributed by atoms with Gasteiger partial charge in [0.2, 0.25) is 0 Å². The highest BCUT2D eigenvalue weighted by Gasteiger charge is 2.20. The van der Waals surface area contributed by atoms with E-state index in [1.165, 1.54) is 131 Å². The number of hydrogen-bond donors (Lipinski definition) is 0. The number of rotatable bonds is 5. The topological polar surface area (TPSA) is 9.86 Å². The molecule has 0 bridgehead atoms. The number of aromatic nitrogens is 2. The molecular formula is C64H40N2. The summed E-state index contributed by atoms with van der Waals surface area (Å²) in [5, 5.41) is 15.0. The Morgan fingerprint density at radius 2 is 0.333 bits per heavy atom. The summed E-state index contributed by atoms with van der Waals surface area (Å²) in [6, 6.07) is 89.5. The van der Waals surface area contributed by atoms with Gasteiger partial charge in [-0.25, -0.2) is 0 Å². The molecule has 2 nitrogen and oxygen atoms in total. The van der Waals surface area contributed by atoms with Crippen LogP contribution in [0.3, 0.4) is 0 Å². The monoisotopic (exact) mass is 836 g/mol. The Kier molecular flexibility index (Phi) is 8.02. The van der Waals surface area contributed by atoms with Crippen molar-refractivity contribution in [2.45, 2.75) is 0 Å². The maximum Gasteiger partial charge on any atom is 0.0541 e. The maximum absolute atomic E-state index is 2.44. The Bertz CT molecular complexity index is 3910. The van der Waals surface area contributed by atoms with Crippen LogP contribution in [0, 0.1) is 0 Å². The zero-order valence-corrected chi connectivity index (χ0v) is 36.0. The van der Waals surface area contributed by atoms with Crippen LogP contribution in [0.25, 0.3) is 131 Å². The standard InChI is InChI=1S/C64H40N2/c1-3-19-43-41(17-1)47(33-35-49(43)51-37-39-63(53-23-7-5-21-45(51)53)65-59-29-13-9-25-55(59)56-26-10-14-30-60(56)65)48-34-36-50(44-20-4-2-18-42(44)48)52-38-40-64(54-24-8-6-22-46(52)54)66-61-31-15-11-27-57(61)58-28-12-16-32-62(58)66/h1-40H. The fraction of sp³-hybridized carbons (Fsp3) is 0. The highest BCUT2D eigenvalue weighted by molar-refractivity contribution is 6.18. The van der Waals surface area contributed by atoms with Crippen molar-refractivity contribution >= 4 is 86.7 Å². The molecule has 14 rings (SSSR count). The fourth-order valence-corrected chi connectivity index (χ4v) is 11.3. The van der Waals surface area contributed by atoms with Crippen LogP contribution in [0.2, 0.25) is 0 Å². The van der Waals surface area contributed by atoms with Gasteiger partial charge < -0.3 is 9.13 Å². The number of fused-ring (bicyclic) bond motifs is 10. The zero-order valence-electron chi connectivity index (χ0n) is 36.0. The molecule has 0 aliphatic heterocycles. The van der Waals surface area contributed by atoms with Crippen molar-refractivity contribution < 1.29 is 0 Å².